The summed E-state index contributed by atoms with van der Waals surface area (Å²) in [5, 5.41) is 7.54. The second-order valence-corrected chi connectivity index (χ2v) is 7.31. The molecule has 2 aromatic carbocycles. The molecule has 0 spiro atoms. The van der Waals surface area contributed by atoms with Crippen LogP contribution >= 0.6 is 11.3 Å². The van der Waals surface area contributed by atoms with Gasteiger partial charge in [0.25, 0.3) is 11.5 Å². The number of rotatable bonds is 5. The molecule has 29 heavy (non-hydrogen) atoms. The number of para-hydroxylation sites is 2. The smallest absolute Gasteiger partial charge is 0.275 e. The molecule has 0 aliphatic heterocycles. The summed E-state index contributed by atoms with van der Waals surface area (Å²) in [5.41, 5.74) is 0.782. The number of aromatic nitrogens is 3. The van der Waals surface area contributed by atoms with Crippen LogP contribution in [0.3, 0.4) is 0 Å². The first-order valence-corrected chi connectivity index (χ1v) is 9.46. The molecule has 0 saturated heterocycles. The maximum atomic E-state index is 13.4. The molecule has 0 fully saturated rings. The number of aryl methyl sites for hydroxylation is 1. The number of ether oxygens (including phenoxy) is 1. The van der Waals surface area contributed by atoms with E-state index in [9.17, 15) is 14.0 Å². The number of nitrogens with one attached hydrogen (secondary N) is 1. The molecule has 0 aliphatic carbocycles. The van der Waals surface area contributed by atoms with E-state index in [1.807, 2.05) is 0 Å². The Bertz CT molecular complexity index is 1270. The lowest BCUT2D eigenvalue weighted by atomic mass is 10.2. The van der Waals surface area contributed by atoms with Gasteiger partial charge in [-0.05, 0) is 37.3 Å². The van der Waals surface area contributed by atoms with E-state index >= 15 is 0 Å². The molecule has 0 radical (unpaired) electrons. The van der Waals surface area contributed by atoms with Crippen LogP contribution in [0.2, 0.25) is 0 Å². The summed E-state index contributed by atoms with van der Waals surface area (Å²) in [7, 11) is 0. The molecule has 9 heteroatoms. The highest BCUT2D eigenvalue weighted by atomic mass is 32.1. The molecule has 2 aromatic heterocycles. The number of benzene rings is 2. The van der Waals surface area contributed by atoms with E-state index in [4.69, 9.17) is 4.74 Å². The predicted octanol–water partition coefficient (Wildman–Crippen LogP) is 3.43. The molecule has 0 aliphatic rings. The van der Waals surface area contributed by atoms with Gasteiger partial charge in [0.2, 0.25) is 4.96 Å². The normalized spacial score (nSPS) is 10.8. The highest BCUT2D eigenvalue weighted by molar-refractivity contribution is 7.16. The summed E-state index contributed by atoms with van der Waals surface area (Å²) in [4.78, 5) is 29.4. The van der Waals surface area contributed by atoms with Gasteiger partial charge in [-0.2, -0.15) is 9.61 Å². The Hall–Kier alpha value is -3.59. The third-order valence-electron chi connectivity index (χ3n) is 4.00. The Morgan fingerprint density at radius 1 is 1.21 bits per heavy atom. The van der Waals surface area contributed by atoms with Crippen LogP contribution in [-0.4, -0.2) is 20.5 Å². The van der Waals surface area contributed by atoms with Gasteiger partial charge in [-0.1, -0.05) is 29.5 Å². The lowest BCUT2D eigenvalue weighted by Gasteiger charge is -2.12. The topological polar surface area (TPSA) is 85.6 Å². The molecule has 0 atom stereocenters. The Kier molecular flexibility index (Phi) is 5.05. The van der Waals surface area contributed by atoms with Crippen molar-refractivity contribution < 1.29 is 13.9 Å². The monoisotopic (exact) mass is 410 g/mol. The van der Waals surface area contributed by atoms with Crippen molar-refractivity contribution in [3.8, 4) is 5.75 Å². The number of carbonyl (C=O) groups excluding carboxylic acids is 1. The van der Waals surface area contributed by atoms with Crippen LogP contribution in [0.4, 0.5) is 10.1 Å². The van der Waals surface area contributed by atoms with Crippen LogP contribution in [0, 0.1) is 12.7 Å². The van der Waals surface area contributed by atoms with Crippen molar-refractivity contribution in [3.63, 3.8) is 0 Å². The Morgan fingerprint density at radius 2 is 2.03 bits per heavy atom. The van der Waals surface area contributed by atoms with Crippen LogP contribution in [0.1, 0.15) is 21.1 Å². The number of anilines is 1. The van der Waals surface area contributed by atoms with Gasteiger partial charge in [0, 0.05) is 11.6 Å². The van der Waals surface area contributed by atoms with Crippen LogP contribution in [-0.2, 0) is 6.61 Å². The fraction of sp³-hybridized carbons (Fsp3) is 0.100. The predicted molar refractivity (Wildman–Crippen MR) is 107 cm³/mol. The molecule has 1 N–H and O–H groups in total. The van der Waals surface area contributed by atoms with Gasteiger partial charge in [0.05, 0.1) is 11.4 Å². The highest BCUT2D eigenvalue weighted by Gasteiger charge is 2.12. The molecule has 4 rings (SSSR count). The summed E-state index contributed by atoms with van der Waals surface area (Å²) in [6.07, 6.45) is 0. The fourth-order valence-corrected chi connectivity index (χ4v) is 3.46. The second kappa shape index (κ2) is 7.80. The molecular weight excluding hydrogens is 395 g/mol. The maximum Gasteiger partial charge on any atom is 0.275 e. The van der Waals surface area contributed by atoms with Gasteiger partial charge < -0.3 is 10.1 Å². The lowest BCUT2D eigenvalue weighted by molar-refractivity contribution is 0.102. The first-order chi connectivity index (χ1) is 14.0. The van der Waals surface area contributed by atoms with E-state index < -0.39 is 11.7 Å². The molecular formula is C20H15FN4O3S. The van der Waals surface area contributed by atoms with Crippen molar-refractivity contribution in [2.24, 2.45) is 0 Å². The van der Waals surface area contributed by atoms with Crippen LogP contribution < -0.4 is 15.6 Å². The standard InChI is InChI=1S/C20H15FN4O3S/c1-12-24-25-18(26)10-15(22-20(25)29-12)11-28-17-8-3-2-7-16(17)23-19(27)13-5-4-6-14(21)9-13/h2-10H,11H2,1H3,(H,23,27). The lowest BCUT2D eigenvalue weighted by Crippen LogP contribution is -2.16. The van der Waals surface area contributed by atoms with Crippen LogP contribution in [0.5, 0.6) is 5.75 Å². The van der Waals surface area contributed by atoms with E-state index in [0.717, 1.165) is 11.1 Å². The summed E-state index contributed by atoms with van der Waals surface area (Å²) < 4.78 is 20.4. The number of fused-ring (bicyclic) bond motifs is 1. The van der Waals surface area contributed by atoms with Crippen molar-refractivity contribution in [2.45, 2.75) is 13.5 Å². The quantitative estimate of drug-likeness (QED) is 0.545. The van der Waals surface area contributed by atoms with Gasteiger partial charge >= 0.3 is 0 Å². The Labute approximate surface area is 168 Å². The minimum Gasteiger partial charge on any atom is -0.485 e. The molecule has 0 saturated carbocycles. The van der Waals surface area contributed by atoms with Crippen molar-refractivity contribution in [1.82, 2.24) is 14.6 Å². The van der Waals surface area contributed by atoms with Crippen molar-refractivity contribution in [1.29, 1.82) is 0 Å². The van der Waals surface area contributed by atoms with E-state index in [1.165, 1.54) is 40.1 Å². The number of hydrogen-bond donors (Lipinski definition) is 1. The maximum absolute atomic E-state index is 13.4. The zero-order chi connectivity index (χ0) is 20.4. The average molecular weight is 410 g/mol. The van der Waals surface area contributed by atoms with E-state index in [2.05, 4.69) is 15.4 Å². The van der Waals surface area contributed by atoms with E-state index in [1.54, 1.807) is 31.2 Å². The van der Waals surface area contributed by atoms with E-state index in [-0.39, 0.29) is 17.7 Å². The van der Waals surface area contributed by atoms with Gasteiger partial charge in [-0.25, -0.2) is 9.37 Å². The van der Waals surface area contributed by atoms with Gasteiger partial charge in [0.1, 0.15) is 23.2 Å². The van der Waals surface area contributed by atoms with Crippen LogP contribution in [0.25, 0.3) is 4.96 Å². The summed E-state index contributed by atoms with van der Waals surface area (Å²) in [5.74, 6) is -0.550. The number of halogens is 1. The molecule has 4 aromatic rings. The Balaban J connectivity index is 1.53. The fourth-order valence-electron chi connectivity index (χ4n) is 2.70. The van der Waals surface area contributed by atoms with Crippen molar-refractivity contribution in [2.75, 3.05) is 5.32 Å². The highest BCUT2D eigenvalue weighted by Crippen LogP contribution is 2.25. The van der Waals surface area contributed by atoms with Crippen molar-refractivity contribution >= 4 is 27.9 Å². The number of nitrogens with zero attached hydrogens (tertiary/aromatic N) is 3. The van der Waals surface area contributed by atoms with Gasteiger partial charge in [0.15, 0.2) is 0 Å². The largest absolute Gasteiger partial charge is 0.485 e. The molecule has 146 valence electrons. The molecule has 2 heterocycles. The molecule has 0 unspecified atom stereocenters. The second-order valence-electron chi connectivity index (χ2n) is 6.15. The number of amides is 1. The minimum absolute atomic E-state index is 0.0372. The zero-order valence-corrected chi connectivity index (χ0v) is 16.1. The molecule has 7 nitrogen and oxygen atoms in total. The third kappa shape index (κ3) is 4.14. The molecule has 0 bridgehead atoms. The van der Waals surface area contributed by atoms with Gasteiger partial charge in [-0.15, -0.1) is 0 Å². The first kappa shape index (κ1) is 18.8. The van der Waals surface area contributed by atoms with Crippen LogP contribution in [0.15, 0.2) is 59.4 Å². The first-order valence-electron chi connectivity index (χ1n) is 8.65. The Morgan fingerprint density at radius 3 is 2.86 bits per heavy atom. The number of carbonyl (C=O) groups is 1. The summed E-state index contributed by atoms with van der Waals surface area (Å²) in [6, 6.07) is 13.6. The zero-order valence-electron chi connectivity index (χ0n) is 15.3. The van der Waals surface area contributed by atoms with Gasteiger partial charge in [-0.3, -0.25) is 9.59 Å². The SMILES string of the molecule is Cc1nn2c(=O)cc(COc3ccccc3NC(=O)c3cccc(F)c3)nc2s1. The summed E-state index contributed by atoms with van der Waals surface area (Å²) >= 11 is 1.31. The third-order valence-corrected chi connectivity index (χ3v) is 4.82. The summed E-state index contributed by atoms with van der Waals surface area (Å²) in [6.45, 7) is 1.84. The van der Waals surface area contributed by atoms with E-state index in [0.29, 0.717) is 22.1 Å². The number of hydrogen-bond acceptors (Lipinski definition) is 6. The minimum atomic E-state index is -0.492. The van der Waals surface area contributed by atoms with Crippen molar-refractivity contribution in [3.05, 3.63) is 87.0 Å². The average Bonchev–Trinajstić information content (AvgIpc) is 3.08. The molecule has 1 amide bonds.